The van der Waals surface area contributed by atoms with Gasteiger partial charge in [-0.25, -0.2) is 0 Å². The van der Waals surface area contributed by atoms with Crippen molar-refractivity contribution in [3.63, 3.8) is 0 Å². The van der Waals surface area contributed by atoms with E-state index in [4.69, 9.17) is 4.74 Å². The molecule has 31 heavy (non-hydrogen) atoms. The van der Waals surface area contributed by atoms with E-state index in [0.29, 0.717) is 23.7 Å². The minimum atomic E-state index is -1.59. The molecule has 3 fully saturated rings. The summed E-state index contributed by atoms with van der Waals surface area (Å²) in [5, 5.41) is 23.0. The summed E-state index contributed by atoms with van der Waals surface area (Å²) >= 11 is 2.08. The molecule has 0 aromatic rings. The average Bonchev–Trinajstić information content (AvgIpc) is 2.98. The first kappa shape index (κ1) is 23.4. The Kier molecular flexibility index (Phi) is 6.18. The molecular formula is C24H33IO6. The Balaban J connectivity index is 1.59. The van der Waals surface area contributed by atoms with Crippen molar-refractivity contribution in [1.82, 2.24) is 0 Å². The molecule has 0 heterocycles. The van der Waals surface area contributed by atoms with Gasteiger partial charge in [0.15, 0.2) is 12.4 Å². The van der Waals surface area contributed by atoms with Gasteiger partial charge in [-0.05, 0) is 67.8 Å². The monoisotopic (exact) mass is 544 g/mol. The zero-order valence-electron chi connectivity index (χ0n) is 18.4. The van der Waals surface area contributed by atoms with Crippen LogP contribution in [0.5, 0.6) is 0 Å². The number of ether oxygens (including phenoxy) is 1. The van der Waals surface area contributed by atoms with Gasteiger partial charge in [-0.1, -0.05) is 42.0 Å². The number of aliphatic hydroxyl groups is 2. The van der Waals surface area contributed by atoms with Gasteiger partial charge in [-0.15, -0.1) is 0 Å². The molecule has 4 rings (SSSR count). The molecule has 4 aliphatic carbocycles. The van der Waals surface area contributed by atoms with Crippen LogP contribution in [0.4, 0.5) is 0 Å². The summed E-state index contributed by atoms with van der Waals surface area (Å²) in [5.41, 5.74) is -1.37. The van der Waals surface area contributed by atoms with E-state index in [9.17, 15) is 24.6 Å². The average molecular weight is 544 g/mol. The molecule has 0 aromatic carbocycles. The number of esters is 1. The van der Waals surface area contributed by atoms with Crippen LogP contribution in [0, 0.1) is 28.6 Å². The van der Waals surface area contributed by atoms with E-state index in [1.807, 2.05) is 6.92 Å². The van der Waals surface area contributed by atoms with Gasteiger partial charge in [-0.3, -0.25) is 14.4 Å². The molecular weight excluding hydrogens is 511 g/mol. The van der Waals surface area contributed by atoms with E-state index >= 15 is 0 Å². The number of Topliss-reactive ketones (excluding diaryl/α,β-unsaturated/α-hetero) is 1. The molecule has 0 unspecified atom stereocenters. The molecule has 3 saturated carbocycles. The molecule has 0 aliphatic heterocycles. The van der Waals surface area contributed by atoms with Crippen molar-refractivity contribution in [3.8, 4) is 0 Å². The van der Waals surface area contributed by atoms with Crippen molar-refractivity contribution in [2.24, 2.45) is 28.6 Å². The summed E-state index contributed by atoms with van der Waals surface area (Å²) in [5.74, 6) is -0.336. The van der Waals surface area contributed by atoms with Crippen molar-refractivity contribution in [2.75, 3.05) is 11.0 Å². The van der Waals surface area contributed by atoms with E-state index < -0.39 is 35.5 Å². The molecule has 0 amide bonds. The topological polar surface area (TPSA) is 101 Å². The lowest BCUT2D eigenvalue weighted by molar-refractivity contribution is -0.184. The number of rotatable bonds is 5. The van der Waals surface area contributed by atoms with Gasteiger partial charge in [-0.2, -0.15) is 0 Å². The van der Waals surface area contributed by atoms with E-state index in [0.717, 1.165) is 25.7 Å². The van der Waals surface area contributed by atoms with Crippen LogP contribution in [0.3, 0.4) is 0 Å². The van der Waals surface area contributed by atoms with Gasteiger partial charge >= 0.3 is 5.97 Å². The maximum atomic E-state index is 13.1. The lowest BCUT2D eigenvalue weighted by atomic mass is 9.45. The van der Waals surface area contributed by atoms with Crippen molar-refractivity contribution < 1.29 is 29.3 Å². The number of aliphatic hydroxyl groups excluding tert-OH is 1. The number of hydrogen-bond acceptors (Lipinski definition) is 6. The largest absolute Gasteiger partial charge is 0.458 e. The Bertz CT molecular complexity index is 823. The van der Waals surface area contributed by atoms with Crippen molar-refractivity contribution in [3.05, 3.63) is 11.6 Å². The van der Waals surface area contributed by atoms with Crippen LogP contribution >= 0.6 is 22.6 Å². The normalized spacial score (nSPS) is 44.0. The summed E-state index contributed by atoms with van der Waals surface area (Å²) < 4.78 is 5.74. The second kappa shape index (κ2) is 8.20. The zero-order chi connectivity index (χ0) is 22.6. The predicted octanol–water partition coefficient (Wildman–Crippen LogP) is 3.16. The van der Waals surface area contributed by atoms with Crippen molar-refractivity contribution in [2.45, 2.75) is 76.9 Å². The number of hydrogen-bond donors (Lipinski definition) is 2. The Labute approximate surface area is 197 Å². The highest BCUT2D eigenvalue weighted by molar-refractivity contribution is 14.1. The summed E-state index contributed by atoms with van der Waals surface area (Å²) in [6.45, 7) is 3.71. The summed E-state index contributed by atoms with van der Waals surface area (Å²) in [6.07, 6.45) is 5.79. The van der Waals surface area contributed by atoms with Gasteiger partial charge < -0.3 is 14.9 Å². The Morgan fingerprint density at radius 1 is 1.23 bits per heavy atom. The number of ketones is 2. The molecule has 0 bridgehead atoms. The molecule has 0 spiro atoms. The standard InChI is InChI=1S/C24H33IO6/c1-22-8-5-15(26)11-14(22)3-4-16-17-6-9-24(30,19(28)13-31-20(29)7-10-25)23(17,2)12-18(27)21(16)22/h11,16-18,21,27,30H,3-10,12-13H2,1-2H3/t16-,17-,18-,21+,22-,23-,24-/m0/s1. The first-order valence-corrected chi connectivity index (χ1v) is 13.0. The van der Waals surface area contributed by atoms with Crippen LogP contribution in [-0.4, -0.2) is 50.5 Å². The van der Waals surface area contributed by atoms with Crippen LogP contribution in [0.1, 0.15) is 65.2 Å². The van der Waals surface area contributed by atoms with Crippen LogP contribution in [0.2, 0.25) is 0 Å². The third-order valence-corrected chi connectivity index (χ3v) is 9.71. The van der Waals surface area contributed by atoms with Crippen molar-refractivity contribution >= 4 is 40.1 Å². The fraction of sp³-hybridized carbons (Fsp3) is 0.792. The summed E-state index contributed by atoms with van der Waals surface area (Å²) in [7, 11) is 0. The highest BCUT2D eigenvalue weighted by Crippen LogP contribution is 2.67. The lowest BCUT2D eigenvalue weighted by Crippen LogP contribution is -2.62. The number of carbonyl (C=O) groups is 3. The quantitative estimate of drug-likeness (QED) is 0.314. The maximum Gasteiger partial charge on any atom is 0.307 e. The third-order valence-electron chi connectivity index (χ3n) is 9.17. The summed E-state index contributed by atoms with van der Waals surface area (Å²) in [4.78, 5) is 36.8. The fourth-order valence-corrected chi connectivity index (χ4v) is 8.01. The molecule has 7 heteroatoms. The van der Waals surface area contributed by atoms with Crippen molar-refractivity contribution in [1.29, 1.82) is 0 Å². The first-order valence-electron chi connectivity index (χ1n) is 11.5. The van der Waals surface area contributed by atoms with Crippen LogP contribution in [0.15, 0.2) is 11.6 Å². The molecule has 7 atom stereocenters. The van der Waals surface area contributed by atoms with Gasteiger partial charge in [0.1, 0.15) is 5.60 Å². The van der Waals surface area contributed by atoms with E-state index in [-0.39, 0.29) is 35.4 Å². The van der Waals surface area contributed by atoms with Gasteiger partial charge in [0.2, 0.25) is 5.78 Å². The predicted molar refractivity (Wildman–Crippen MR) is 123 cm³/mol. The molecule has 0 aromatic heterocycles. The number of halogens is 1. The molecule has 6 nitrogen and oxygen atoms in total. The Morgan fingerprint density at radius 2 is 1.97 bits per heavy atom. The molecule has 0 saturated heterocycles. The molecule has 0 radical (unpaired) electrons. The van der Waals surface area contributed by atoms with E-state index in [1.165, 1.54) is 5.57 Å². The fourth-order valence-electron chi connectivity index (χ4n) is 7.56. The van der Waals surface area contributed by atoms with Gasteiger partial charge in [0.25, 0.3) is 0 Å². The van der Waals surface area contributed by atoms with E-state index in [1.54, 1.807) is 6.08 Å². The highest BCUT2D eigenvalue weighted by atomic mass is 127. The van der Waals surface area contributed by atoms with Crippen LogP contribution < -0.4 is 0 Å². The SMILES string of the molecule is C[C@]12CCC(=O)C=C1CC[C@@H]1[C@@H]2[C@@H](O)C[C@@]2(C)[C@H]1CC[C@]2(O)C(=O)COC(=O)CCI. The Hall–Kier alpha value is -0.800. The Morgan fingerprint density at radius 3 is 2.68 bits per heavy atom. The summed E-state index contributed by atoms with van der Waals surface area (Å²) in [6, 6.07) is 0. The smallest absolute Gasteiger partial charge is 0.307 e. The number of alkyl halides is 1. The molecule has 2 N–H and O–H groups in total. The highest BCUT2D eigenvalue weighted by Gasteiger charge is 2.68. The first-order chi connectivity index (χ1) is 14.6. The minimum Gasteiger partial charge on any atom is -0.458 e. The third kappa shape index (κ3) is 3.53. The lowest BCUT2D eigenvalue weighted by Gasteiger charge is -2.60. The molecule has 4 aliphatic rings. The molecule has 172 valence electrons. The minimum absolute atomic E-state index is 0.0395. The van der Waals surface area contributed by atoms with Gasteiger partial charge in [0, 0.05) is 16.3 Å². The second-order valence-electron chi connectivity index (χ2n) is 10.5. The van der Waals surface area contributed by atoms with E-state index in [2.05, 4.69) is 29.5 Å². The van der Waals surface area contributed by atoms with Crippen LogP contribution in [-0.2, 0) is 19.1 Å². The number of allylic oxidation sites excluding steroid dienone is 1. The second-order valence-corrected chi connectivity index (χ2v) is 11.6. The van der Waals surface area contributed by atoms with Crippen LogP contribution in [0.25, 0.3) is 0 Å². The number of carbonyl (C=O) groups excluding carboxylic acids is 3. The maximum absolute atomic E-state index is 13.1. The zero-order valence-corrected chi connectivity index (χ0v) is 20.5. The number of fused-ring (bicyclic) bond motifs is 5. The van der Waals surface area contributed by atoms with Gasteiger partial charge in [0.05, 0.1) is 12.5 Å².